The van der Waals surface area contributed by atoms with Crippen LogP contribution in [0, 0.1) is 0 Å². The Morgan fingerprint density at radius 3 is 2.58 bits per heavy atom. The van der Waals surface area contributed by atoms with Gasteiger partial charge in [-0.25, -0.2) is 0 Å². The number of ether oxygens (including phenoxy) is 2. The van der Waals surface area contributed by atoms with E-state index in [1.54, 1.807) is 14.0 Å². The van der Waals surface area contributed by atoms with Crippen LogP contribution in [0.1, 0.15) is 50.3 Å². The Morgan fingerprint density at radius 2 is 2.05 bits per heavy atom. The lowest BCUT2D eigenvalue weighted by Crippen LogP contribution is -2.18. The van der Waals surface area contributed by atoms with Gasteiger partial charge in [-0.2, -0.15) is 0 Å². The molecule has 0 aromatic heterocycles. The molecule has 0 aliphatic heterocycles. The molecule has 4 heteroatoms. The quantitative estimate of drug-likeness (QED) is 0.803. The van der Waals surface area contributed by atoms with Gasteiger partial charge in [0.25, 0.3) is 0 Å². The standard InChI is InChI=1S/C15H23NO3/c1-5-19-15(17)9-13(16)12-7-6-11(10(2)3)8-14(12)18-4/h6-8,10,13H,5,9,16H2,1-4H3. The molecule has 2 N–H and O–H groups in total. The Bertz CT molecular complexity index is 429. The summed E-state index contributed by atoms with van der Waals surface area (Å²) in [5.74, 6) is 0.859. The molecular formula is C15H23NO3. The summed E-state index contributed by atoms with van der Waals surface area (Å²) in [6, 6.07) is 5.52. The molecule has 0 fully saturated rings. The zero-order valence-electron chi connectivity index (χ0n) is 12.1. The van der Waals surface area contributed by atoms with Gasteiger partial charge in [-0.05, 0) is 24.5 Å². The van der Waals surface area contributed by atoms with Crippen molar-refractivity contribution in [1.29, 1.82) is 0 Å². The van der Waals surface area contributed by atoms with Crippen LogP contribution in [0.25, 0.3) is 0 Å². The summed E-state index contributed by atoms with van der Waals surface area (Å²) in [5, 5.41) is 0. The van der Waals surface area contributed by atoms with Gasteiger partial charge in [0.15, 0.2) is 0 Å². The summed E-state index contributed by atoms with van der Waals surface area (Å²) in [6.07, 6.45) is 0.158. The van der Waals surface area contributed by atoms with Gasteiger partial charge in [-0.15, -0.1) is 0 Å². The Labute approximate surface area is 114 Å². The average Bonchev–Trinajstić information content (AvgIpc) is 2.37. The van der Waals surface area contributed by atoms with E-state index in [2.05, 4.69) is 13.8 Å². The zero-order chi connectivity index (χ0) is 14.4. The van der Waals surface area contributed by atoms with Crippen molar-refractivity contribution in [3.8, 4) is 5.75 Å². The number of benzene rings is 1. The third kappa shape index (κ3) is 4.24. The van der Waals surface area contributed by atoms with Gasteiger partial charge in [-0.3, -0.25) is 4.79 Å². The number of esters is 1. The van der Waals surface area contributed by atoms with Crippen molar-refractivity contribution in [3.05, 3.63) is 29.3 Å². The largest absolute Gasteiger partial charge is 0.496 e. The molecule has 0 amide bonds. The van der Waals surface area contributed by atoms with Crippen LogP contribution >= 0.6 is 0 Å². The van der Waals surface area contributed by atoms with Crippen LogP contribution in [0.3, 0.4) is 0 Å². The second-order valence-corrected chi connectivity index (χ2v) is 4.77. The van der Waals surface area contributed by atoms with Crippen molar-refractivity contribution < 1.29 is 14.3 Å². The number of methoxy groups -OCH3 is 1. The fourth-order valence-electron chi connectivity index (χ4n) is 1.90. The van der Waals surface area contributed by atoms with E-state index < -0.39 is 6.04 Å². The molecule has 1 rings (SSSR count). The minimum atomic E-state index is -0.407. The van der Waals surface area contributed by atoms with E-state index in [9.17, 15) is 4.79 Å². The Balaban J connectivity index is 2.90. The molecule has 0 radical (unpaired) electrons. The van der Waals surface area contributed by atoms with Crippen LogP contribution < -0.4 is 10.5 Å². The normalized spacial score (nSPS) is 12.3. The highest BCUT2D eigenvalue weighted by atomic mass is 16.5. The van der Waals surface area contributed by atoms with E-state index in [4.69, 9.17) is 15.2 Å². The molecule has 106 valence electrons. The summed E-state index contributed by atoms with van der Waals surface area (Å²) >= 11 is 0. The van der Waals surface area contributed by atoms with E-state index >= 15 is 0 Å². The highest BCUT2D eigenvalue weighted by Crippen LogP contribution is 2.29. The summed E-state index contributed by atoms with van der Waals surface area (Å²) in [7, 11) is 1.61. The third-order valence-corrected chi connectivity index (χ3v) is 3.02. The van der Waals surface area contributed by atoms with Gasteiger partial charge in [-0.1, -0.05) is 26.0 Å². The molecule has 0 saturated heterocycles. The van der Waals surface area contributed by atoms with Crippen LogP contribution in [0.5, 0.6) is 5.75 Å². The lowest BCUT2D eigenvalue weighted by Gasteiger charge is -2.17. The topological polar surface area (TPSA) is 61.5 Å². The van der Waals surface area contributed by atoms with Gasteiger partial charge in [0.05, 0.1) is 20.1 Å². The van der Waals surface area contributed by atoms with E-state index in [-0.39, 0.29) is 12.4 Å². The Morgan fingerprint density at radius 1 is 1.37 bits per heavy atom. The predicted molar refractivity (Wildman–Crippen MR) is 75.3 cm³/mol. The number of carbonyl (C=O) groups is 1. The molecule has 1 aromatic carbocycles. The summed E-state index contributed by atoms with van der Waals surface area (Å²) < 4.78 is 10.3. The fourth-order valence-corrected chi connectivity index (χ4v) is 1.90. The van der Waals surface area contributed by atoms with Gasteiger partial charge in [0.1, 0.15) is 5.75 Å². The maximum atomic E-state index is 11.5. The smallest absolute Gasteiger partial charge is 0.307 e. The second kappa shape index (κ2) is 7.14. The van der Waals surface area contributed by atoms with Crippen LogP contribution in [0.2, 0.25) is 0 Å². The maximum Gasteiger partial charge on any atom is 0.307 e. The molecule has 0 saturated carbocycles. The van der Waals surface area contributed by atoms with Gasteiger partial charge in [0, 0.05) is 11.6 Å². The number of rotatable bonds is 6. The predicted octanol–water partition coefficient (Wildman–Crippen LogP) is 2.77. The Kier molecular flexibility index (Phi) is 5.83. The van der Waals surface area contributed by atoms with Crippen molar-refractivity contribution in [2.24, 2.45) is 5.73 Å². The van der Waals surface area contributed by atoms with Gasteiger partial charge in [0.2, 0.25) is 0 Å². The summed E-state index contributed by atoms with van der Waals surface area (Å²) in [5.41, 5.74) is 8.07. The molecule has 0 aliphatic carbocycles. The van der Waals surface area contributed by atoms with E-state index in [1.165, 1.54) is 5.56 Å². The maximum absolute atomic E-state index is 11.5. The van der Waals surface area contributed by atoms with Crippen molar-refractivity contribution in [2.75, 3.05) is 13.7 Å². The van der Waals surface area contributed by atoms with E-state index in [0.29, 0.717) is 12.5 Å². The van der Waals surface area contributed by atoms with Gasteiger partial charge >= 0.3 is 5.97 Å². The molecule has 4 nitrogen and oxygen atoms in total. The fraction of sp³-hybridized carbons (Fsp3) is 0.533. The molecule has 0 aliphatic rings. The van der Waals surface area contributed by atoms with Gasteiger partial charge < -0.3 is 15.2 Å². The average molecular weight is 265 g/mol. The van der Waals surface area contributed by atoms with Crippen molar-refractivity contribution in [1.82, 2.24) is 0 Å². The number of hydrogen-bond acceptors (Lipinski definition) is 4. The molecule has 1 atom stereocenters. The molecule has 19 heavy (non-hydrogen) atoms. The highest BCUT2D eigenvalue weighted by molar-refractivity contribution is 5.70. The van der Waals surface area contributed by atoms with Crippen LogP contribution in [-0.4, -0.2) is 19.7 Å². The van der Waals surface area contributed by atoms with Crippen LogP contribution in [0.4, 0.5) is 0 Å². The lowest BCUT2D eigenvalue weighted by molar-refractivity contribution is -0.143. The first kappa shape index (κ1) is 15.5. The molecule has 1 unspecified atom stereocenters. The first-order chi connectivity index (χ1) is 8.99. The van der Waals surface area contributed by atoms with Crippen LogP contribution in [0.15, 0.2) is 18.2 Å². The van der Waals surface area contributed by atoms with Crippen molar-refractivity contribution in [2.45, 2.75) is 39.2 Å². The molecule has 0 spiro atoms. The minimum Gasteiger partial charge on any atom is -0.496 e. The third-order valence-electron chi connectivity index (χ3n) is 3.02. The lowest BCUT2D eigenvalue weighted by atomic mass is 9.97. The molecule has 0 bridgehead atoms. The van der Waals surface area contributed by atoms with E-state index in [1.807, 2.05) is 18.2 Å². The summed E-state index contributed by atoms with van der Waals surface area (Å²) in [6.45, 7) is 6.39. The zero-order valence-corrected chi connectivity index (χ0v) is 12.1. The highest BCUT2D eigenvalue weighted by Gasteiger charge is 2.17. The molecule has 1 aromatic rings. The molecule has 0 heterocycles. The summed E-state index contributed by atoms with van der Waals surface area (Å²) in [4.78, 5) is 11.5. The minimum absolute atomic E-state index is 0.158. The van der Waals surface area contributed by atoms with E-state index in [0.717, 1.165) is 11.3 Å². The number of carbonyl (C=O) groups excluding carboxylic acids is 1. The SMILES string of the molecule is CCOC(=O)CC(N)c1ccc(C(C)C)cc1OC. The second-order valence-electron chi connectivity index (χ2n) is 4.77. The number of hydrogen-bond donors (Lipinski definition) is 1. The molecular weight excluding hydrogens is 242 g/mol. The first-order valence-corrected chi connectivity index (χ1v) is 6.58. The van der Waals surface area contributed by atoms with Crippen molar-refractivity contribution in [3.63, 3.8) is 0 Å². The Hall–Kier alpha value is -1.55. The monoisotopic (exact) mass is 265 g/mol. The van der Waals surface area contributed by atoms with Crippen molar-refractivity contribution >= 4 is 5.97 Å². The van der Waals surface area contributed by atoms with Crippen LogP contribution in [-0.2, 0) is 9.53 Å². The first-order valence-electron chi connectivity index (χ1n) is 6.58. The number of nitrogens with two attached hydrogens (primary N) is 1.